The van der Waals surface area contributed by atoms with Gasteiger partial charge in [0, 0.05) is 45.4 Å². The number of para-hydroxylation sites is 2. The van der Waals surface area contributed by atoms with Gasteiger partial charge in [-0.05, 0) is 45.8 Å². The summed E-state index contributed by atoms with van der Waals surface area (Å²) in [6.45, 7) is 20.2. The van der Waals surface area contributed by atoms with E-state index in [1.807, 2.05) is 6.20 Å². The van der Waals surface area contributed by atoms with Crippen LogP contribution in [0, 0.1) is 0 Å². The zero-order valence-corrected chi connectivity index (χ0v) is 34.9. The van der Waals surface area contributed by atoms with E-state index in [0.717, 1.165) is 73.0 Å². The molecule has 0 amide bonds. The van der Waals surface area contributed by atoms with Crippen molar-refractivity contribution in [3.8, 4) is 11.4 Å². The number of nitrogens with zero attached hydrogens (tertiary/aromatic N) is 6. The molecule has 7 heteroatoms. The molecule has 0 radical (unpaired) electrons. The molecule has 4 aromatic carbocycles. The van der Waals surface area contributed by atoms with E-state index in [-0.39, 0.29) is 26.5 Å². The Labute approximate surface area is 333 Å². The van der Waals surface area contributed by atoms with Crippen molar-refractivity contribution in [1.82, 2.24) is 29.1 Å². The van der Waals surface area contributed by atoms with Crippen LogP contribution in [0.25, 0.3) is 32.9 Å². The van der Waals surface area contributed by atoms with Gasteiger partial charge in [0.1, 0.15) is 11.6 Å². The van der Waals surface area contributed by atoms with Gasteiger partial charge < -0.3 is 19.1 Å². The third-order valence-corrected chi connectivity index (χ3v) is 11.0. The minimum atomic E-state index is -0.584. The molecule has 54 heavy (non-hydrogen) atoms. The molecular formula is C47H48N6Pt. The first-order valence-corrected chi connectivity index (χ1v) is 18.6. The molecule has 8 rings (SSSR count). The van der Waals surface area contributed by atoms with Gasteiger partial charge in [-0.15, -0.1) is 17.1 Å². The average Bonchev–Trinajstić information content (AvgIpc) is 3.96. The zero-order chi connectivity index (χ0) is 37.3. The van der Waals surface area contributed by atoms with Crippen LogP contribution in [0.5, 0.6) is 0 Å². The van der Waals surface area contributed by atoms with Gasteiger partial charge >= 0.3 is 21.1 Å². The summed E-state index contributed by atoms with van der Waals surface area (Å²) in [5.41, 5.74) is 5.45. The predicted molar refractivity (Wildman–Crippen MR) is 217 cm³/mol. The molecule has 0 fully saturated rings. The normalized spacial score (nSPS) is 12.8. The van der Waals surface area contributed by atoms with Crippen molar-refractivity contribution in [3.63, 3.8) is 0 Å². The number of hydrogen-bond acceptors (Lipinski definition) is 2. The monoisotopic (exact) mass is 891 g/mol. The van der Waals surface area contributed by atoms with Gasteiger partial charge in [-0.3, -0.25) is 0 Å². The molecule has 0 saturated carbocycles. The number of benzene rings is 4. The summed E-state index contributed by atoms with van der Waals surface area (Å²) in [6, 6.07) is 38.1. The van der Waals surface area contributed by atoms with E-state index < -0.39 is 16.2 Å². The number of hydrogen-bond donors (Lipinski definition) is 0. The molecule has 0 unspecified atom stereocenters. The molecule has 0 N–H and O–H groups in total. The number of aromatic nitrogens is 6. The SMILES string of the molecule is CC(C)(C)c1nc(C(C)(C)c2[n-]c(C(C)(C)c3nc(C(C)(C)c4[n-]cc5ccccc45)cn3-c3ccccc3)c3ccccc23)cn1-c1ccccc1.[Pt+2]. The first-order chi connectivity index (χ1) is 25.2. The second-order valence-corrected chi connectivity index (χ2v) is 17.0. The molecule has 4 aromatic heterocycles. The molecule has 0 aliphatic carbocycles. The van der Waals surface area contributed by atoms with Gasteiger partial charge in [0.2, 0.25) is 0 Å². The van der Waals surface area contributed by atoms with E-state index in [2.05, 4.69) is 193 Å². The van der Waals surface area contributed by atoms with Crippen LogP contribution in [0.1, 0.15) is 102 Å². The average molecular weight is 892 g/mol. The maximum absolute atomic E-state index is 5.64. The molecule has 0 spiro atoms. The Bertz CT molecular complexity index is 2570. The van der Waals surface area contributed by atoms with Crippen molar-refractivity contribution in [3.05, 3.63) is 168 Å². The van der Waals surface area contributed by atoms with Gasteiger partial charge in [0.25, 0.3) is 0 Å². The molecule has 276 valence electrons. The molecule has 0 bridgehead atoms. The summed E-state index contributed by atoms with van der Waals surface area (Å²) < 4.78 is 4.51. The standard InChI is InChI=1S/C47H48N6.Pt/c1-44(2,3)42-49-38(29-52(42)32-21-12-10-13-22-32)46(6,7)40-35-26-18-19-27-36(35)41(51-40)47(8,9)43-50-37(30-53(43)33-23-14-11-15-24-33)45(4,5)39-34-25-17-16-20-31(34)28-48-39;/h10-30H,1-9H3;/q-2;+2. The van der Waals surface area contributed by atoms with Crippen LogP contribution in [0.4, 0.5) is 0 Å². The minimum absolute atomic E-state index is 0. The van der Waals surface area contributed by atoms with Crippen LogP contribution in [0.2, 0.25) is 0 Å². The fourth-order valence-corrected chi connectivity index (χ4v) is 7.86. The topological polar surface area (TPSA) is 63.8 Å². The molecule has 6 nitrogen and oxygen atoms in total. The van der Waals surface area contributed by atoms with E-state index >= 15 is 0 Å². The molecule has 8 aromatic rings. The smallest absolute Gasteiger partial charge is 0.666 e. The first-order valence-electron chi connectivity index (χ1n) is 18.6. The van der Waals surface area contributed by atoms with Crippen molar-refractivity contribution in [2.75, 3.05) is 0 Å². The third kappa shape index (κ3) is 6.09. The second-order valence-electron chi connectivity index (χ2n) is 17.0. The minimum Gasteiger partial charge on any atom is -0.666 e. The molecule has 0 aliphatic rings. The summed E-state index contributed by atoms with van der Waals surface area (Å²) in [7, 11) is 0. The van der Waals surface area contributed by atoms with Gasteiger partial charge in [-0.25, -0.2) is 9.97 Å². The molecule has 4 heterocycles. The zero-order valence-electron chi connectivity index (χ0n) is 32.6. The van der Waals surface area contributed by atoms with Crippen LogP contribution >= 0.6 is 0 Å². The van der Waals surface area contributed by atoms with Crippen molar-refractivity contribution in [2.24, 2.45) is 0 Å². The van der Waals surface area contributed by atoms with Crippen molar-refractivity contribution in [1.29, 1.82) is 0 Å². The van der Waals surface area contributed by atoms with E-state index in [1.54, 1.807) is 0 Å². The van der Waals surface area contributed by atoms with Gasteiger partial charge in [0.05, 0.1) is 11.4 Å². The number of imidazole rings is 2. The van der Waals surface area contributed by atoms with Crippen molar-refractivity contribution >= 4 is 21.5 Å². The summed E-state index contributed by atoms with van der Waals surface area (Å²) in [5, 5.41) is 4.57. The summed E-state index contributed by atoms with van der Waals surface area (Å²) in [5.74, 6) is 1.95. The maximum Gasteiger partial charge on any atom is 2.00 e. The van der Waals surface area contributed by atoms with Gasteiger partial charge in [-0.2, -0.15) is 6.20 Å². The van der Waals surface area contributed by atoms with Crippen molar-refractivity contribution < 1.29 is 21.1 Å². The van der Waals surface area contributed by atoms with E-state index in [0.29, 0.717) is 0 Å². The van der Waals surface area contributed by atoms with Crippen LogP contribution in [0.3, 0.4) is 0 Å². The summed E-state index contributed by atoms with van der Waals surface area (Å²) in [6.07, 6.45) is 6.39. The third-order valence-electron chi connectivity index (χ3n) is 11.0. The molecule has 0 aliphatic heterocycles. The van der Waals surface area contributed by atoms with E-state index in [1.165, 1.54) is 0 Å². The largest absolute Gasteiger partial charge is 2.00 e. The Morgan fingerprint density at radius 3 is 1.43 bits per heavy atom. The Morgan fingerprint density at radius 1 is 0.463 bits per heavy atom. The molecule has 0 saturated heterocycles. The second kappa shape index (κ2) is 13.4. The summed E-state index contributed by atoms with van der Waals surface area (Å²) in [4.78, 5) is 21.5. The molecule has 0 atom stereocenters. The van der Waals surface area contributed by atoms with E-state index in [4.69, 9.17) is 19.9 Å². The quantitative estimate of drug-likeness (QED) is 0.152. The summed E-state index contributed by atoms with van der Waals surface area (Å²) >= 11 is 0. The Balaban J connectivity index is 0.00000450. The van der Waals surface area contributed by atoms with E-state index in [9.17, 15) is 0 Å². The van der Waals surface area contributed by atoms with Crippen LogP contribution in [-0.2, 0) is 42.7 Å². The number of fused-ring (bicyclic) bond motifs is 2. The van der Waals surface area contributed by atoms with Crippen LogP contribution in [-0.4, -0.2) is 19.1 Å². The van der Waals surface area contributed by atoms with Gasteiger partial charge in [0.15, 0.2) is 0 Å². The fraction of sp³-hybridized carbons (Fsp3) is 0.277. The van der Waals surface area contributed by atoms with Gasteiger partial charge in [-0.1, -0.05) is 147 Å². The molecular weight excluding hydrogens is 844 g/mol. The Kier molecular flexibility index (Phi) is 9.29. The van der Waals surface area contributed by atoms with Crippen LogP contribution < -0.4 is 9.97 Å². The Morgan fingerprint density at radius 2 is 0.889 bits per heavy atom. The fourth-order valence-electron chi connectivity index (χ4n) is 7.86. The van der Waals surface area contributed by atoms with Crippen LogP contribution in [0.15, 0.2) is 128 Å². The Hall–Kier alpha value is -4.93. The maximum atomic E-state index is 5.64. The first kappa shape index (κ1) is 37.4. The predicted octanol–water partition coefficient (Wildman–Crippen LogP) is 10.6. The number of rotatable bonds is 8. The van der Waals surface area contributed by atoms with Crippen molar-refractivity contribution in [2.45, 2.75) is 84.0 Å².